The average molecular weight is 341 g/mol. The molecule has 2 aromatic rings. The van der Waals surface area contributed by atoms with Crippen LogP contribution in [0.15, 0.2) is 36.7 Å². The fourth-order valence-electron chi connectivity index (χ4n) is 3.03. The molecule has 0 saturated heterocycles. The molecule has 3 rings (SSSR count). The number of fused-ring (bicyclic) bond motifs is 1. The number of amides is 2. The summed E-state index contributed by atoms with van der Waals surface area (Å²) in [5.74, 6) is 1.43. The summed E-state index contributed by atoms with van der Waals surface area (Å²) in [5.41, 5.74) is 3.42. The molecule has 0 bridgehead atoms. The zero-order valence-electron chi connectivity index (χ0n) is 14.6. The minimum Gasteiger partial charge on any atom is -0.493 e. The molecule has 6 heteroatoms. The van der Waals surface area contributed by atoms with Crippen molar-refractivity contribution in [3.63, 3.8) is 0 Å². The number of hydrogen-bond acceptors (Lipinski definition) is 4. The maximum atomic E-state index is 12.4. The van der Waals surface area contributed by atoms with E-state index in [0.717, 1.165) is 29.7 Å². The molecule has 0 fully saturated rings. The number of nitrogens with zero attached hydrogens (tertiary/aromatic N) is 2. The van der Waals surface area contributed by atoms with Crippen molar-refractivity contribution in [3.05, 3.63) is 53.3 Å². The van der Waals surface area contributed by atoms with Crippen LogP contribution in [0.25, 0.3) is 0 Å². The van der Waals surface area contributed by atoms with Crippen molar-refractivity contribution in [2.24, 2.45) is 0 Å². The first kappa shape index (κ1) is 17.1. The Kier molecular flexibility index (Phi) is 5.38. The van der Waals surface area contributed by atoms with Gasteiger partial charge in [-0.05, 0) is 47.7 Å². The average Bonchev–Trinajstić information content (AvgIpc) is 2.67. The van der Waals surface area contributed by atoms with Crippen molar-refractivity contribution in [1.29, 1.82) is 0 Å². The zero-order valence-corrected chi connectivity index (χ0v) is 14.6. The molecule has 2 heterocycles. The van der Waals surface area contributed by atoms with Crippen LogP contribution in [0.5, 0.6) is 11.5 Å². The predicted octanol–water partition coefficient (Wildman–Crippen LogP) is 2.41. The summed E-state index contributed by atoms with van der Waals surface area (Å²) in [6, 6.07) is 7.84. The lowest BCUT2D eigenvalue weighted by atomic mass is 9.99. The van der Waals surface area contributed by atoms with Gasteiger partial charge in [0.25, 0.3) is 0 Å². The lowest BCUT2D eigenvalue weighted by molar-refractivity contribution is 0.192. The second-order valence-electron chi connectivity index (χ2n) is 5.99. The molecule has 1 aromatic carbocycles. The summed E-state index contributed by atoms with van der Waals surface area (Å²) in [5, 5.41) is 2.99. The third kappa shape index (κ3) is 4.02. The van der Waals surface area contributed by atoms with Gasteiger partial charge in [0, 0.05) is 32.0 Å². The number of carbonyl (C=O) groups excluding carboxylic acids is 1. The van der Waals surface area contributed by atoms with Gasteiger partial charge >= 0.3 is 6.03 Å². The van der Waals surface area contributed by atoms with E-state index in [0.29, 0.717) is 25.4 Å². The van der Waals surface area contributed by atoms with Gasteiger partial charge in [-0.2, -0.15) is 0 Å². The Morgan fingerprint density at radius 1 is 1.24 bits per heavy atom. The molecule has 0 atom stereocenters. The van der Waals surface area contributed by atoms with Crippen LogP contribution in [0.3, 0.4) is 0 Å². The number of nitrogens with one attached hydrogen (secondary N) is 1. The fraction of sp³-hybridized carbons (Fsp3) is 0.368. The minimum absolute atomic E-state index is 0.0377. The van der Waals surface area contributed by atoms with Crippen LogP contribution in [0.2, 0.25) is 0 Å². The first-order chi connectivity index (χ1) is 12.2. The number of benzene rings is 1. The van der Waals surface area contributed by atoms with Crippen LogP contribution in [-0.2, 0) is 19.4 Å². The summed E-state index contributed by atoms with van der Waals surface area (Å²) in [6.07, 6.45) is 5.15. The number of pyridine rings is 1. The van der Waals surface area contributed by atoms with Crippen molar-refractivity contribution in [2.45, 2.75) is 19.4 Å². The zero-order chi connectivity index (χ0) is 17.6. The number of carbonyl (C=O) groups is 1. The molecule has 2 amide bonds. The second-order valence-corrected chi connectivity index (χ2v) is 5.99. The van der Waals surface area contributed by atoms with Crippen LogP contribution < -0.4 is 14.8 Å². The first-order valence-corrected chi connectivity index (χ1v) is 8.36. The summed E-state index contributed by atoms with van der Waals surface area (Å²) in [4.78, 5) is 18.3. The normalized spacial score (nSPS) is 13.1. The number of rotatable bonds is 5. The van der Waals surface area contributed by atoms with Gasteiger partial charge in [-0.3, -0.25) is 4.98 Å². The second kappa shape index (κ2) is 7.88. The number of hydrogen-bond donors (Lipinski definition) is 1. The van der Waals surface area contributed by atoms with E-state index >= 15 is 0 Å². The molecule has 25 heavy (non-hydrogen) atoms. The Balaban J connectivity index is 1.59. The van der Waals surface area contributed by atoms with Crippen LogP contribution >= 0.6 is 0 Å². The number of ether oxygens (including phenoxy) is 2. The highest BCUT2D eigenvalue weighted by Gasteiger charge is 2.22. The molecule has 0 radical (unpaired) electrons. The Bertz CT molecular complexity index is 734. The van der Waals surface area contributed by atoms with Crippen molar-refractivity contribution in [1.82, 2.24) is 15.2 Å². The van der Waals surface area contributed by atoms with E-state index in [1.807, 2.05) is 35.4 Å². The summed E-state index contributed by atoms with van der Waals surface area (Å²) in [7, 11) is 3.26. The van der Waals surface area contributed by atoms with Gasteiger partial charge < -0.3 is 19.7 Å². The van der Waals surface area contributed by atoms with Gasteiger partial charge in [0.1, 0.15) is 0 Å². The van der Waals surface area contributed by atoms with Crippen LogP contribution in [0.1, 0.15) is 16.7 Å². The van der Waals surface area contributed by atoms with E-state index in [-0.39, 0.29) is 6.03 Å². The van der Waals surface area contributed by atoms with Crippen LogP contribution in [0, 0.1) is 0 Å². The highest BCUT2D eigenvalue weighted by atomic mass is 16.5. The van der Waals surface area contributed by atoms with E-state index in [4.69, 9.17) is 9.47 Å². The monoisotopic (exact) mass is 341 g/mol. The van der Waals surface area contributed by atoms with Gasteiger partial charge in [0.15, 0.2) is 11.5 Å². The van der Waals surface area contributed by atoms with Crippen molar-refractivity contribution in [3.8, 4) is 11.5 Å². The van der Waals surface area contributed by atoms with Gasteiger partial charge in [-0.25, -0.2) is 4.79 Å². The van der Waals surface area contributed by atoms with E-state index in [2.05, 4.69) is 10.3 Å². The molecule has 1 aliphatic heterocycles. The molecule has 0 spiro atoms. The smallest absolute Gasteiger partial charge is 0.317 e. The van der Waals surface area contributed by atoms with E-state index in [9.17, 15) is 4.79 Å². The molecular weight excluding hydrogens is 318 g/mol. The SMILES string of the molecule is COc1cc2c(cc1OC)CN(C(=O)NCCc1cccnc1)CC2. The Labute approximate surface area is 147 Å². The Morgan fingerprint density at radius 2 is 2.00 bits per heavy atom. The van der Waals surface area contributed by atoms with Crippen LogP contribution in [0.4, 0.5) is 4.79 Å². The fourth-order valence-corrected chi connectivity index (χ4v) is 3.03. The van der Waals surface area contributed by atoms with Crippen molar-refractivity contribution < 1.29 is 14.3 Å². The standard InChI is InChI=1S/C19H23N3O3/c1-24-17-10-15-6-9-22(13-16(15)11-18(17)25-2)19(23)21-8-5-14-4-3-7-20-12-14/h3-4,7,10-12H,5-6,8-9,13H2,1-2H3,(H,21,23). The number of aromatic nitrogens is 1. The van der Waals surface area contributed by atoms with Gasteiger partial charge in [0.05, 0.1) is 14.2 Å². The maximum Gasteiger partial charge on any atom is 0.317 e. The van der Waals surface area contributed by atoms with E-state index < -0.39 is 0 Å². The van der Waals surface area contributed by atoms with E-state index in [1.165, 1.54) is 5.56 Å². The third-order valence-electron chi connectivity index (χ3n) is 4.42. The molecular formula is C19H23N3O3. The minimum atomic E-state index is -0.0377. The quantitative estimate of drug-likeness (QED) is 0.907. The molecule has 6 nitrogen and oxygen atoms in total. The lowest BCUT2D eigenvalue weighted by Gasteiger charge is -2.29. The summed E-state index contributed by atoms with van der Waals surface area (Å²) in [6.45, 7) is 1.87. The van der Waals surface area contributed by atoms with Gasteiger partial charge in [-0.1, -0.05) is 6.07 Å². The topological polar surface area (TPSA) is 63.7 Å². The van der Waals surface area contributed by atoms with Crippen molar-refractivity contribution in [2.75, 3.05) is 27.3 Å². The van der Waals surface area contributed by atoms with E-state index in [1.54, 1.807) is 20.4 Å². The molecule has 132 valence electrons. The molecule has 0 aliphatic carbocycles. The van der Waals surface area contributed by atoms with Gasteiger partial charge in [-0.15, -0.1) is 0 Å². The first-order valence-electron chi connectivity index (χ1n) is 8.36. The Morgan fingerprint density at radius 3 is 2.68 bits per heavy atom. The molecule has 1 aliphatic rings. The van der Waals surface area contributed by atoms with Crippen LogP contribution in [-0.4, -0.2) is 43.2 Å². The van der Waals surface area contributed by atoms with Gasteiger partial charge in [0.2, 0.25) is 0 Å². The molecule has 1 N–H and O–H groups in total. The summed E-state index contributed by atoms with van der Waals surface area (Å²) < 4.78 is 10.7. The molecule has 1 aromatic heterocycles. The lowest BCUT2D eigenvalue weighted by Crippen LogP contribution is -2.43. The number of urea groups is 1. The third-order valence-corrected chi connectivity index (χ3v) is 4.42. The predicted molar refractivity (Wildman–Crippen MR) is 95.0 cm³/mol. The maximum absolute atomic E-state index is 12.4. The molecule has 0 unspecified atom stereocenters. The molecule has 0 saturated carbocycles. The largest absolute Gasteiger partial charge is 0.493 e. The highest BCUT2D eigenvalue weighted by molar-refractivity contribution is 5.74. The van der Waals surface area contributed by atoms with Crippen molar-refractivity contribution >= 4 is 6.03 Å². The number of methoxy groups -OCH3 is 2. The summed E-state index contributed by atoms with van der Waals surface area (Å²) >= 11 is 0. The highest BCUT2D eigenvalue weighted by Crippen LogP contribution is 2.33. The Hall–Kier alpha value is -2.76.